The molecule has 0 aliphatic heterocycles. The van der Waals surface area contributed by atoms with E-state index >= 15 is 0 Å². The number of hydrogen-bond acceptors (Lipinski definition) is 6. The van der Waals surface area contributed by atoms with Gasteiger partial charge >= 0.3 is 0 Å². The molecular formula is C27H24N6O2S. The van der Waals surface area contributed by atoms with Gasteiger partial charge in [0.1, 0.15) is 12.4 Å². The van der Waals surface area contributed by atoms with Crippen molar-refractivity contribution in [1.29, 1.82) is 0 Å². The molecule has 0 radical (unpaired) electrons. The van der Waals surface area contributed by atoms with E-state index in [1.54, 1.807) is 18.2 Å². The number of thioether (sulfide) groups is 1. The molecule has 2 aromatic heterocycles. The first-order valence-electron chi connectivity index (χ1n) is 11.4. The third-order valence-electron chi connectivity index (χ3n) is 6.00. The summed E-state index contributed by atoms with van der Waals surface area (Å²) in [5.41, 5.74) is 9.94. The van der Waals surface area contributed by atoms with Crippen molar-refractivity contribution >= 4 is 28.6 Å². The molecule has 0 fully saturated rings. The molecule has 5 aromatic rings. The SMILES string of the molecule is Cc1ccc(-n2c(SCc3nc4ccccc4c(=O)n3CC(N)=O)nnc2-c2ccccc2)cc1C. The summed E-state index contributed by atoms with van der Waals surface area (Å²) in [7, 11) is 0. The van der Waals surface area contributed by atoms with Crippen LogP contribution in [0.2, 0.25) is 0 Å². The smallest absolute Gasteiger partial charge is 0.261 e. The summed E-state index contributed by atoms with van der Waals surface area (Å²) in [6.07, 6.45) is 0. The Kier molecular flexibility index (Phi) is 6.39. The van der Waals surface area contributed by atoms with Crippen molar-refractivity contribution in [2.75, 3.05) is 0 Å². The molecule has 2 N–H and O–H groups in total. The minimum Gasteiger partial charge on any atom is -0.368 e. The van der Waals surface area contributed by atoms with Crippen molar-refractivity contribution in [1.82, 2.24) is 24.3 Å². The second-order valence-electron chi connectivity index (χ2n) is 8.47. The normalized spacial score (nSPS) is 11.2. The molecule has 0 saturated heterocycles. The number of fused-ring (bicyclic) bond motifs is 1. The highest BCUT2D eigenvalue weighted by molar-refractivity contribution is 7.98. The third kappa shape index (κ3) is 4.52. The first kappa shape index (κ1) is 23.5. The molecule has 0 atom stereocenters. The first-order valence-corrected chi connectivity index (χ1v) is 12.4. The second kappa shape index (κ2) is 9.79. The molecule has 8 nitrogen and oxygen atoms in total. The van der Waals surface area contributed by atoms with Crippen LogP contribution in [-0.4, -0.2) is 30.2 Å². The number of nitrogens with zero attached hydrogens (tertiary/aromatic N) is 5. The number of carbonyl (C=O) groups is 1. The summed E-state index contributed by atoms with van der Waals surface area (Å²) in [6, 6.07) is 23.2. The zero-order valence-corrected chi connectivity index (χ0v) is 20.7. The van der Waals surface area contributed by atoms with Gasteiger partial charge < -0.3 is 5.73 Å². The van der Waals surface area contributed by atoms with Gasteiger partial charge in [0.2, 0.25) is 5.91 Å². The van der Waals surface area contributed by atoms with E-state index < -0.39 is 5.91 Å². The van der Waals surface area contributed by atoms with Crippen molar-refractivity contribution in [3.05, 3.63) is 100 Å². The fourth-order valence-electron chi connectivity index (χ4n) is 4.01. The molecule has 0 aliphatic carbocycles. The first-order chi connectivity index (χ1) is 17.4. The predicted molar refractivity (Wildman–Crippen MR) is 141 cm³/mol. The van der Waals surface area contributed by atoms with Gasteiger partial charge in [0, 0.05) is 5.56 Å². The molecular weight excluding hydrogens is 472 g/mol. The van der Waals surface area contributed by atoms with Crippen LogP contribution in [0.15, 0.2) is 82.7 Å². The average molecular weight is 497 g/mol. The minimum absolute atomic E-state index is 0.244. The van der Waals surface area contributed by atoms with E-state index in [4.69, 9.17) is 5.73 Å². The van der Waals surface area contributed by atoms with E-state index in [-0.39, 0.29) is 12.1 Å². The standard InChI is InChI=1S/C27H24N6O2S/c1-17-12-13-20(14-18(17)2)33-25(19-8-4-3-5-9-19)30-31-27(33)36-16-24-29-22-11-7-6-10-21(22)26(35)32(24)15-23(28)34/h3-14H,15-16H2,1-2H3,(H2,28,34). The lowest BCUT2D eigenvalue weighted by molar-refractivity contribution is -0.118. The Labute approximate surface area is 211 Å². The Morgan fingerprint density at radius 3 is 2.44 bits per heavy atom. The zero-order valence-electron chi connectivity index (χ0n) is 19.9. The molecule has 9 heteroatoms. The number of aromatic nitrogens is 5. The van der Waals surface area contributed by atoms with Crippen molar-refractivity contribution in [3.63, 3.8) is 0 Å². The number of carbonyl (C=O) groups excluding carboxylic acids is 1. The van der Waals surface area contributed by atoms with E-state index in [0.717, 1.165) is 16.8 Å². The van der Waals surface area contributed by atoms with Crippen LogP contribution in [0.5, 0.6) is 0 Å². The predicted octanol–water partition coefficient (Wildman–Crippen LogP) is 4.04. The number of primary amides is 1. The molecule has 0 unspecified atom stereocenters. The van der Waals surface area contributed by atoms with Gasteiger partial charge in [0.15, 0.2) is 11.0 Å². The lowest BCUT2D eigenvalue weighted by Gasteiger charge is -2.14. The number of hydrogen-bond donors (Lipinski definition) is 1. The lowest BCUT2D eigenvalue weighted by atomic mass is 10.1. The van der Waals surface area contributed by atoms with E-state index in [1.165, 1.54) is 21.9 Å². The second-order valence-corrected chi connectivity index (χ2v) is 9.41. The van der Waals surface area contributed by atoms with Gasteiger partial charge in [0.05, 0.1) is 22.3 Å². The lowest BCUT2D eigenvalue weighted by Crippen LogP contribution is -2.31. The van der Waals surface area contributed by atoms with Gasteiger partial charge in [-0.05, 0) is 49.2 Å². The molecule has 0 spiro atoms. The maximum absolute atomic E-state index is 13.1. The molecule has 3 aromatic carbocycles. The number of benzene rings is 3. The monoisotopic (exact) mass is 496 g/mol. The Bertz CT molecular complexity index is 1640. The number of rotatable bonds is 7. The van der Waals surface area contributed by atoms with Crippen molar-refractivity contribution < 1.29 is 4.79 Å². The van der Waals surface area contributed by atoms with Crippen LogP contribution in [0.1, 0.15) is 17.0 Å². The van der Waals surface area contributed by atoms with Crippen LogP contribution < -0.4 is 11.3 Å². The molecule has 0 aliphatic rings. The molecule has 1 amide bonds. The van der Waals surface area contributed by atoms with Crippen LogP contribution in [-0.2, 0) is 17.1 Å². The number of aryl methyl sites for hydroxylation is 2. The average Bonchev–Trinajstić information content (AvgIpc) is 3.31. The molecule has 36 heavy (non-hydrogen) atoms. The minimum atomic E-state index is -0.606. The Hall–Kier alpha value is -4.24. The van der Waals surface area contributed by atoms with E-state index in [2.05, 4.69) is 41.2 Å². The van der Waals surface area contributed by atoms with Crippen LogP contribution in [0, 0.1) is 13.8 Å². The summed E-state index contributed by atoms with van der Waals surface area (Å²) >= 11 is 1.39. The van der Waals surface area contributed by atoms with Crippen molar-refractivity contribution in [3.8, 4) is 17.1 Å². The number of nitrogens with two attached hydrogens (primary N) is 1. The number of para-hydroxylation sites is 1. The van der Waals surface area contributed by atoms with Crippen LogP contribution in [0.3, 0.4) is 0 Å². The summed E-state index contributed by atoms with van der Waals surface area (Å²) in [6.45, 7) is 3.90. The topological polar surface area (TPSA) is 109 Å². The van der Waals surface area contributed by atoms with E-state index in [0.29, 0.717) is 33.5 Å². The quantitative estimate of drug-likeness (QED) is 0.341. The van der Waals surface area contributed by atoms with Crippen LogP contribution in [0.4, 0.5) is 0 Å². The number of amides is 1. The van der Waals surface area contributed by atoms with Gasteiger partial charge in [-0.1, -0.05) is 60.3 Å². The third-order valence-corrected chi connectivity index (χ3v) is 6.92. The van der Waals surface area contributed by atoms with E-state index in [9.17, 15) is 9.59 Å². The molecule has 0 saturated carbocycles. The summed E-state index contributed by atoms with van der Waals surface area (Å²) in [5.74, 6) is 0.844. The Balaban J connectivity index is 1.59. The largest absolute Gasteiger partial charge is 0.368 e. The molecule has 2 heterocycles. The molecule has 5 rings (SSSR count). The highest BCUT2D eigenvalue weighted by Crippen LogP contribution is 2.30. The zero-order chi connectivity index (χ0) is 25.2. The van der Waals surface area contributed by atoms with Crippen molar-refractivity contribution in [2.24, 2.45) is 5.73 Å². The Morgan fingerprint density at radius 2 is 1.69 bits per heavy atom. The van der Waals surface area contributed by atoms with Gasteiger partial charge in [0.25, 0.3) is 5.56 Å². The van der Waals surface area contributed by atoms with Crippen LogP contribution >= 0.6 is 11.8 Å². The van der Waals surface area contributed by atoms with Gasteiger partial charge in [-0.15, -0.1) is 10.2 Å². The highest BCUT2D eigenvalue weighted by Gasteiger charge is 2.19. The summed E-state index contributed by atoms with van der Waals surface area (Å²) in [4.78, 5) is 29.5. The summed E-state index contributed by atoms with van der Waals surface area (Å²) < 4.78 is 3.34. The fourth-order valence-corrected chi connectivity index (χ4v) is 4.91. The van der Waals surface area contributed by atoms with Gasteiger partial charge in [-0.3, -0.25) is 18.7 Å². The van der Waals surface area contributed by atoms with Gasteiger partial charge in [-0.2, -0.15) is 0 Å². The summed E-state index contributed by atoms with van der Waals surface area (Å²) in [5, 5.41) is 10.1. The van der Waals surface area contributed by atoms with Crippen LogP contribution in [0.25, 0.3) is 28.0 Å². The maximum atomic E-state index is 13.1. The maximum Gasteiger partial charge on any atom is 0.261 e. The van der Waals surface area contributed by atoms with Gasteiger partial charge in [-0.25, -0.2) is 4.98 Å². The van der Waals surface area contributed by atoms with E-state index in [1.807, 2.05) is 47.0 Å². The molecule has 0 bridgehead atoms. The Morgan fingerprint density at radius 1 is 0.944 bits per heavy atom. The highest BCUT2D eigenvalue weighted by atomic mass is 32.2. The van der Waals surface area contributed by atoms with Crippen molar-refractivity contribution in [2.45, 2.75) is 31.3 Å². The fraction of sp³-hybridized carbons (Fsp3) is 0.148. The molecule has 180 valence electrons.